The van der Waals surface area contributed by atoms with Gasteiger partial charge in [0, 0.05) is 22.1 Å². The lowest BCUT2D eigenvalue weighted by atomic mass is 10.0. The van der Waals surface area contributed by atoms with Crippen LogP contribution in [0.1, 0.15) is 40.5 Å². The van der Waals surface area contributed by atoms with Gasteiger partial charge in [-0.15, -0.1) is 0 Å². The maximum atomic E-state index is 13.5. The summed E-state index contributed by atoms with van der Waals surface area (Å²) < 4.78 is 42.6. The van der Waals surface area contributed by atoms with Gasteiger partial charge in [0.25, 0.3) is 5.91 Å². The molecule has 0 saturated carbocycles. The van der Waals surface area contributed by atoms with Crippen LogP contribution in [0, 0.1) is 0 Å². The molecule has 1 fully saturated rings. The van der Waals surface area contributed by atoms with Gasteiger partial charge >= 0.3 is 6.18 Å². The number of aromatic nitrogens is 2. The Morgan fingerprint density at radius 1 is 1.00 bits per heavy atom. The summed E-state index contributed by atoms with van der Waals surface area (Å²) in [5.41, 5.74) is 1.57. The summed E-state index contributed by atoms with van der Waals surface area (Å²) in [5, 5.41) is 4.06. The largest absolute Gasteiger partial charge is 0.435 e. The Morgan fingerprint density at radius 2 is 1.69 bits per heavy atom. The van der Waals surface area contributed by atoms with Crippen LogP contribution in [0.2, 0.25) is 5.02 Å². The molecule has 0 N–H and O–H groups in total. The van der Waals surface area contributed by atoms with Crippen LogP contribution in [0.5, 0.6) is 0 Å². The molecular weight excluding hydrogens is 555 g/mol. The third kappa shape index (κ3) is 4.80. The van der Waals surface area contributed by atoms with E-state index < -0.39 is 11.9 Å². The fourth-order valence-electron chi connectivity index (χ4n) is 4.52. The first-order valence-corrected chi connectivity index (χ1v) is 12.5. The number of hydrogen-bond acceptors (Lipinski definition) is 2. The SMILES string of the molecule is O=C(c1ccc(-c2cc(C(F)(F)F)nn2-c2ccccc2Cl)cc1)N1CCCC1c1ccc(Br)cc1. The van der Waals surface area contributed by atoms with Gasteiger partial charge < -0.3 is 4.90 Å². The number of carbonyl (C=O) groups excluding carboxylic acids is 1. The van der Waals surface area contributed by atoms with Crippen LogP contribution in [0.4, 0.5) is 13.2 Å². The number of nitrogens with zero attached hydrogens (tertiary/aromatic N) is 3. The zero-order valence-corrected chi connectivity index (χ0v) is 21.2. The fourth-order valence-corrected chi connectivity index (χ4v) is 5.00. The van der Waals surface area contributed by atoms with E-state index in [2.05, 4.69) is 21.0 Å². The van der Waals surface area contributed by atoms with E-state index in [4.69, 9.17) is 11.6 Å². The van der Waals surface area contributed by atoms with E-state index in [1.54, 1.807) is 48.5 Å². The predicted octanol–water partition coefficient (Wildman–Crippen LogP) is 7.95. The zero-order valence-electron chi connectivity index (χ0n) is 18.8. The van der Waals surface area contributed by atoms with E-state index in [1.165, 1.54) is 4.68 Å². The molecule has 1 saturated heterocycles. The minimum atomic E-state index is -4.62. The van der Waals surface area contributed by atoms with Crippen molar-refractivity contribution in [2.45, 2.75) is 25.1 Å². The molecule has 1 unspecified atom stereocenters. The van der Waals surface area contributed by atoms with E-state index >= 15 is 0 Å². The molecule has 1 atom stereocenters. The van der Waals surface area contributed by atoms with Crippen molar-refractivity contribution in [3.05, 3.63) is 105 Å². The van der Waals surface area contributed by atoms with E-state index in [0.717, 1.165) is 28.9 Å². The Morgan fingerprint density at radius 3 is 2.36 bits per heavy atom. The lowest BCUT2D eigenvalue weighted by molar-refractivity contribution is -0.141. The van der Waals surface area contributed by atoms with Crippen molar-refractivity contribution in [1.82, 2.24) is 14.7 Å². The highest BCUT2D eigenvalue weighted by Gasteiger charge is 2.36. The molecule has 184 valence electrons. The number of rotatable bonds is 4. The molecule has 2 heterocycles. The third-order valence-electron chi connectivity index (χ3n) is 6.28. The van der Waals surface area contributed by atoms with Gasteiger partial charge in [0.15, 0.2) is 5.69 Å². The first-order chi connectivity index (χ1) is 17.2. The molecular formula is C27H20BrClF3N3O. The molecule has 1 amide bonds. The minimum Gasteiger partial charge on any atom is -0.332 e. The number of carbonyl (C=O) groups is 1. The van der Waals surface area contributed by atoms with Gasteiger partial charge in [-0.2, -0.15) is 18.3 Å². The van der Waals surface area contributed by atoms with E-state index in [9.17, 15) is 18.0 Å². The number of benzene rings is 3. The second-order valence-electron chi connectivity index (χ2n) is 8.56. The summed E-state index contributed by atoms with van der Waals surface area (Å²) in [6, 6.07) is 22.1. The zero-order chi connectivity index (χ0) is 25.4. The second kappa shape index (κ2) is 9.75. The molecule has 4 aromatic rings. The van der Waals surface area contributed by atoms with Crippen molar-refractivity contribution >= 4 is 33.4 Å². The molecule has 3 aromatic carbocycles. The third-order valence-corrected chi connectivity index (χ3v) is 7.12. The summed E-state index contributed by atoms with van der Waals surface area (Å²) in [4.78, 5) is 15.2. The van der Waals surface area contributed by atoms with Crippen LogP contribution < -0.4 is 0 Å². The van der Waals surface area contributed by atoms with Crippen LogP contribution in [-0.4, -0.2) is 27.1 Å². The molecule has 0 aliphatic carbocycles. The maximum Gasteiger partial charge on any atom is 0.435 e. The smallest absolute Gasteiger partial charge is 0.332 e. The molecule has 9 heteroatoms. The molecule has 4 nitrogen and oxygen atoms in total. The molecule has 36 heavy (non-hydrogen) atoms. The van der Waals surface area contributed by atoms with E-state index in [0.29, 0.717) is 23.4 Å². The summed E-state index contributed by atoms with van der Waals surface area (Å²) in [7, 11) is 0. The van der Waals surface area contributed by atoms with Crippen LogP contribution in [0.15, 0.2) is 83.3 Å². The Balaban J connectivity index is 1.46. The van der Waals surface area contributed by atoms with Crippen molar-refractivity contribution in [2.75, 3.05) is 6.54 Å². The van der Waals surface area contributed by atoms with Gasteiger partial charge in [-0.05, 0) is 60.9 Å². The van der Waals surface area contributed by atoms with Gasteiger partial charge in [-0.3, -0.25) is 4.79 Å². The topological polar surface area (TPSA) is 38.1 Å². The summed E-state index contributed by atoms with van der Waals surface area (Å²) in [5.74, 6) is -0.109. The Bertz CT molecular complexity index is 1400. The standard InChI is InChI=1S/C27H20BrClF3N3O/c28-20-13-11-17(12-14-20)22-6-3-15-34(22)26(36)19-9-7-18(8-10-19)24-16-25(27(30,31)32)33-35(24)23-5-2-1-4-21(23)29/h1-2,4-5,7-14,16,22H,3,6,15H2. The molecule has 0 spiro atoms. The number of amides is 1. The monoisotopic (exact) mass is 573 g/mol. The average molecular weight is 575 g/mol. The van der Waals surface area contributed by atoms with Crippen molar-refractivity contribution in [2.24, 2.45) is 0 Å². The Labute approximate surface area is 219 Å². The van der Waals surface area contributed by atoms with Crippen LogP contribution in [0.3, 0.4) is 0 Å². The van der Waals surface area contributed by atoms with Crippen molar-refractivity contribution in [3.8, 4) is 16.9 Å². The van der Waals surface area contributed by atoms with Crippen LogP contribution in [-0.2, 0) is 6.18 Å². The molecule has 0 radical (unpaired) electrons. The van der Waals surface area contributed by atoms with Gasteiger partial charge in [-0.1, -0.05) is 63.9 Å². The quantitative estimate of drug-likeness (QED) is 0.248. The molecule has 1 aromatic heterocycles. The highest BCUT2D eigenvalue weighted by molar-refractivity contribution is 9.10. The Kier molecular flexibility index (Phi) is 6.66. The van der Waals surface area contributed by atoms with Crippen molar-refractivity contribution in [3.63, 3.8) is 0 Å². The summed E-state index contributed by atoms with van der Waals surface area (Å²) in [6.45, 7) is 0.648. The molecule has 1 aliphatic rings. The van der Waals surface area contributed by atoms with Crippen LogP contribution >= 0.6 is 27.5 Å². The predicted molar refractivity (Wildman–Crippen MR) is 136 cm³/mol. The number of para-hydroxylation sites is 1. The van der Waals surface area contributed by atoms with Gasteiger partial charge in [0.2, 0.25) is 0 Å². The summed E-state index contributed by atoms with van der Waals surface area (Å²) in [6.07, 6.45) is -2.83. The van der Waals surface area contributed by atoms with Crippen molar-refractivity contribution in [1.29, 1.82) is 0 Å². The Hall–Kier alpha value is -3.10. The normalized spacial score (nSPS) is 15.9. The molecule has 0 bridgehead atoms. The first kappa shape index (κ1) is 24.6. The lowest BCUT2D eigenvalue weighted by Gasteiger charge is -2.25. The highest BCUT2D eigenvalue weighted by atomic mass is 79.9. The first-order valence-electron chi connectivity index (χ1n) is 11.3. The van der Waals surface area contributed by atoms with Crippen molar-refractivity contribution < 1.29 is 18.0 Å². The van der Waals surface area contributed by atoms with Crippen LogP contribution in [0.25, 0.3) is 16.9 Å². The van der Waals surface area contributed by atoms with E-state index in [-0.39, 0.29) is 22.7 Å². The molecule has 5 rings (SSSR count). The maximum absolute atomic E-state index is 13.5. The average Bonchev–Trinajstić information content (AvgIpc) is 3.53. The van der Waals surface area contributed by atoms with Gasteiger partial charge in [0.05, 0.1) is 22.4 Å². The second-order valence-corrected chi connectivity index (χ2v) is 9.88. The fraction of sp³-hybridized carbons (Fsp3) is 0.185. The number of hydrogen-bond donors (Lipinski definition) is 0. The number of alkyl halides is 3. The summed E-state index contributed by atoms with van der Waals surface area (Å²) >= 11 is 9.70. The number of halogens is 5. The highest BCUT2D eigenvalue weighted by Crippen LogP contribution is 2.36. The lowest BCUT2D eigenvalue weighted by Crippen LogP contribution is -2.30. The minimum absolute atomic E-state index is 0.0127. The van der Waals surface area contributed by atoms with Gasteiger partial charge in [0.1, 0.15) is 0 Å². The van der Waals surface area contributed by atoms with E-state index in [1.807, 2.05) is 29.2 Å². The molecule has 1 aliphatic heterocycles. The van der Waals surface area contributed by atoms with Gasteiger partial charge in [-0.25, -0.2) is 4.68 Å². The number of likely N-dealkylation sites (tertiary alicyclic amines) is 1.